The van der Waals surface area contributed by atoms with Crippen molar-refractivity contribution in [3.8, 4) is 5.75 Å². The summed E-state index contributed by atoms with van der Waals surface area (Å²) < 4.78 is 5.72. The molecule has 2 rings (SSSR count). The van der Waals surface area contributed by atoms with Gasteiger partial charge in [-0.15, -0.1) is 11.3 Å². The molecule has 17 heavy (non-hydrogen) atoms. The number of nitrogens with two attached hydrogens (primary N) is 1. The van der Waals surface area contributed by atoms with Gasteiger partial charge < -0.3 is 10.5 Å². The van der Waals surface area contributed by atoms with Crippen molar-refractivity contribution in [3.05, 3.63) is 51.2 Å². The Morgan fingerprint density at radius 3 is 2.82 bits per heavy atom. The molecule has 0 aliphatic carbocycles. The minimum atomic E-state index is 0.397. The second-order valence-electron chi connectivity index (χ2n) is 3.60. The molecule has 0 fully saturated rings. The van der Waals surface area contributed by atoms with Crippen molar-refractivity contribution in [3.63, 3.8) is 0 Å². The van der Waals surface area contributed by atoms with E-state index >= 15 is 0 Å². The number of benzene rings is 1. The first-order valence-corrected chi connectivity index (χ1v) is 6.69. The molecule has 2 aromatic rings. The predicted octanol–water partition coefficient (Wildman–Crippen LogP) is 3.48. The van der Waals surface area contributed by atoms with Gasteiger partial charge in [-0.25, -0.2) is 0 Å². The first-order chi connectivity index (χ1) is 8.31. The van der Waals surface area contributed by atoms with E-state index in [4.69, 9.17) is 22.1 Å². The molecule has 90 valence electrons. The zero-order valence-electron chi connectivity index (χ0n) is 9.36. The number of thiophene rings is 1. The lowest BCUT2D eigenvalue weighted by Crippen LogP contribution is -2.05. The zero-order valence-corrected chi connectivity index (χ0v) is 10.9. The fourth-order valence-corrected chi connectivity index (χ4v) is 2.52. The van der Waals surface area contributed by atoms with Crippen LogP contribution in [0.1, 0.15) is 10.4 Å². The molecule has 0 saturated heterocycles. The van der Waals surface area contributed by atoms with Crippen LogP contribution in [0, 0.1) is 0 Å². The van der Waals surface area contributed by atoms with Crippen LogP contribution in [0.15, 0.2) is 35.7 Å². The summed E-state index contributed by atoms with van der Waals surface area (Å²) in [6.07, 6.45) is 0.911. The summed E-state index contributed by atoms with van der Waals surface area (Å²) in [7, 11) is 0. The Bertz CT molecular complexity index is 470. The van der Waals surface area contributed by atoms with Crippen LogP contribution in [0.2, 0.25) is 5.02 Å². The van der Waals surface area contributed by atoms with E-state index in [9.17, 15) is 0 Å². The molecule has 0 amide bonds. The lowest BCUT2D eigenvalue weighted by molar-refractivity contribution is 0.319. The van der Waals surface area contributed by atoms with E-state index in [1.807, 2.05) is 24.3 Å². The van der Waals surface area contributed by atoms with Crippen LogP contribution < -0.4 is 10.5 Å². The number of ether oxygens (including phenoxy) is 1. The minimum absolute atomic E-state index is 0.397. The Morgan fingerprint density at radius 1 is 1.24 bits per heavy atom. The summed E-state index contributed by atoms with van der Waals surface area (Å²) >= 11 is 7.79. The maximum absolute atomic E-state index is 6.05. The first kappa shape index (κ1) is 12.4. The van der Waals surface area contributed by atoms with Crippen LogP contribution in [0.3, 0.4) is 0 Å². The molecule has 0 radical (unpaired) electrons. The van der Waals surface area contributed by atoms with Crippen molar-refractivity contribution < 1.29 is 4.74 Å². The highest BCUT2D eigenvalue weighted by atomic mass is 35.5. The van der Waals surface area contributed by atoms with Crippen LogP contribution in [-0.4, -0.2) is 6.61 Å². The van der Waals surface area contributed by atoms with Crippen LogP contribution in [-0.2, 0) is 13.0 Å². The van der Waals surface area contributed by atoms with Gasteiger partial charge in [-0.1, -0.05) is 23.7 Å². The third-order valence-electron chi connectivity index (χ3n) is 2.47. The summed E-state index contributed by atoms with van der Waals surface area (Å²) in [5, 5.41) is 2.74. The normalized spacial score (nSPS) is 10.5. The highest BCUT2D eigenvalue weighted by Crippen LogP contribution is 2.26. The van der Waals surface area contributed by atoms with Crippen molar-refractivity contribution in [1.82, 2.24) is 0 Å². The van der Waals surface area contributed by atoms with Crippen molar-refractivity contribution in [2.24, 2.45) is 5.73 Å². The molecule has 1 aromatic heterocycles. The number of hydrogen-bond donors (Lipinski definition) is 1. The molecule has 1 heterocycles. The molecule has 0 unspecified atom stereocenters. The lowest BCUT2D eigenvalue weighted by Gasteiger charge is -2.11. The molecule has 2 nitrogen and oxygen atoms in total. The van der Waals surface area contributed by atoms with Gasteiger partial charge in [0.15, 0.2) is 0 Å². The minimum Gasteiger partial charge on any atom is -0.493 e. The largest absolute Gasteiger partial charge is 0.493 e. The quantitative estimate of drug-likeness (QED) is 0.900. The van der Waals surface area contributed by atoms with E-state index < -0.39 is 0 Å². The smallest absolute Gasteiger partial charge is 0.125 e. The number of halogens is 1. The van der Waals surface area contributed by atoms with E-state index in [1.54, 1.807) is 11.3 Å². The molecule has 0 spiro atoms. The molecule has 1 aromatic carbocycles. The number of rotatable bonds is 5. The summed E-state index contributed by atoms with van der Waals surface area (Å²) in [6.45, 7) is 1.04. The molecular formula is C13H14ClNOS. The maximum Gasteiger partial charge on any atom is 0.125 e. The molecule has 4 heteroatoms. The topological polar surface area (TPSA) is 35.2 Å². The standard InChI is InChI=1S/C13H14ClNOS/c14-12-4-1-5-13(11(12)9-15)16-7-6-10-3-2-8-17-10/h1-5,8H,6-7,9,15H2. The van der Waals surface area contributed by atoms with Gasteiger partial charge in [0.05, 0.1) is 6.61 Å². The molecule has 0 atom stereocenters. The van der Waals surface area contributed by atoms with Gasteiger partial charge in [0, 0.05) is 28.4 Å². The van der Waals surface area contributed by atoms with Crippen molar-refractivity contribution >= 4 is 22.9 Å². The Hall–Kier alpha value is -1.03. The lowest BCUT2D eigenvalue weighted by atomic mass is 10.2. The molecule has 0 saturated carbocycles. The molecule has 0 aliphatic heterocycles. The monoisotopic (exact) mass is 267 g/mol. The highest BCUT2D eigenvalue weighted by molar-refractivity contribution is 7.09. The molecular weight excluding hydrogens is 254 g/mol. The van der Waals surface area contributed by atoms with Crippen molar-refractivity contribution in [1.29, 1.82) is 0 Å². The molecule has 2 N–H and O–H groups in total. The Kier molecular flexibility index (Phi) is 4.42. The highest BCUT2D eigenvalue weighted by Gasteiger charge is 2.06. The fourth-order valence-electron chi connectivity index (χ4n) is 1.59. The van der Waals surface area contributed by atoms with Gasteiger partial charge in [-0.05, 0) is 23.6 Å². The summed E-state index contributed by atoms with van der Waals surface area (Å²) in [5.41, 5.74) is 6.53. The SMILES string of the molecule is NCc1c(Cl)cccc1OCCc1cccs1. The van der Waals surface area contributed by atoms with Crippen molar-refractivity contribution in [2.75, 3.05) is 6.61 Å². The third kappa shape index (κ3) is 3.22. The third-order valence-corrected chi connectivity index (χ3v) is 3.76. The van der Waals surface area contributed by atoms with Gasteiger partial charge in [0.1, 0.15) is 5.75 Å². The van der Waals surface area contributed by atoms with Gasteiger partial charge in [0.25, 0.3) is 0 Å². The summed E-state index contributed by atoms with van der Waals surface area (Å²) in [5.74, 6) is 0.788. The van der Waals surface area contributed by atoms with Gasteiger partial charge in [0.2, 0.25) is 0 Å². The van der Waals surface area contributed by atoms with Gasteiger partial charge in [-0.3, -0.25) is 0 Å². The van der Waals surface area contributed by atoms with E-state index in [0.717, 1.165) is 17.7 Å². The Balaban J connectivity index is 1.97. The van der Waals surface area contributed by atoms with E-state index in [0.29, 0.717) is 18.2 Å². The van der Waals surface area contributed by atoms with Crippen LogP contribution in [0.25, 0.3) is 0 Å². The Morgan fingerprint density at radius 2 is 2.12 bits per heavy atom. The van der Waals surface area contributed by atoms with E-state index in [2.05, 4.69) is 11.4 Å². The predicted molar refractivity (Wildman–Crippen MR) is 72.9 cm³/mol. The Labute approximate surface area is 110 Å². The summed E-state index contributed by atoms with van der Waals surface area (Å²) in [6, 6.07) is 9.76. The fraction of sp³-hybridized carbons (Fsp3) is 0.231. The van der Waals surface area contributed by atoms with E-state index in [-0.39, 0.29) is 0 Å². The first-order valence-electron chi connectivity index (χ1n) is 5.44. The molecule has 0 bridgehead atoms. The average Bonchev–Trinajstić information content (AvgIpc) is 2.82. The second kappa shape index (κ2) is 6.05. The van der Waals surface area contributed by atoms with Gasteiger partial charge in [-0.2, -0.15) is 0 Å². The maximum atomic E-state index is 6.05. The second-order valence-corrected chi connectivity index (χ2v) is 5.04. The van der Waals surface area contributed by atoms with Crippen molar-refractivity contribution in [2.45, 2.75) is 13.0 Å². The van der Waals surface area contributed by atoms with Crippen LogP contribution >= 0.6 is 22.9 Å². The molecule has 0 aliphatic rings. The number of hydrogen-bond acceptors (Lipinski definition) is 3. The zero-order chi connectivity index (χ0) is 12.1. The van der Waals surface area contributed by atoms with Gasteiger partial charge >= 0.3 is 0 Å². The van der Waals surface area contributed by atoms with Crippen LogP contribution in [0.5, 0.6) is 5.75 Å². The summed E-state index contributed by atoms with van der Waals surface area (Å²) in [4.78, 5) is 1.32. The average molecular weight is 268 g/mol. The van der Waals surface area contributed by atoms with E-state index in [1.165, 1.54) is 4.88 Å². The van der Waals surface area contributed by atoms with Crippen LogP contribution in [0.4, 0.5) is 0 Å².